The smallest absolute Gasteiger partial charge is 0.263 e. The van der Waals surface area contributed by atoms with Gasteiger partial charge in [0.15, 0.2) is 5.60 Å². The molecule has 0 saturated heterocycles. The predicted octanol–water partition coefficient (Wildman–Crippen LogP) is 6.58. The lowest BCUT2D eigenvalue weighted by atomic mass is 10.0. The summed E-state index contributed by atoms with van der Waals surface area (Å²) in [5.74, 6) is 1.08. The molecule has 1 unspecified atom stereocenters. The van der Waals surface area contributed by atoms with E-state index in [4.69, 9.17) is 4.74 Å². The van der Waals surface area contributed by atoms with Gasteiger partial charge in [0.1, 0.15) is 5.75 Å². The highest BCUT2D eigenvalue weighted by molar-refractivity contribution is 5.99. The van der Waals surface area contributed by atoms with Crippen LogP contribution in [0.1, 0.15) is 83.9 Å². The van der Waals surface area contributed by atoms with E-state index in [2.05, 4.69) is 59.4 Å². The molecule has 1 aliphatic rings. The minimum Gasteiger partial charge on any atom is -0.478 e. The second-order valence-corrected chi connectivity index (χ2v) is 11.5. The average molecular weight is 538 g/mol. The number of ether oxygens (including phenoxy) is 1. The summed E-state index contributed by atoms with van der Waals surface area (Å²) in [5.41, 5.74) is 6.64. The summed E-state index contributed by atoms with van der Waals surface area (Å²) in [6, 6.07) is 22.3. The quantitative estimate of drug-likeness (QED) is 0.253. The van der Waals surface area contributed by atoms with Crippen molar-refractivity contribution in [3.05, 3.63) is 100 Å². The fraction of sp³-hybridized carbons (Fsp3) is 0.353. The van der Waals surface area contributed by atoms with E-state index in [9.17, 15) is 9.59 Å². The molecule has 4 aromatic rings. The number of nitrogens with one attached hydrogen (secondary N) is 2. The fourth-order valence-electron chi connectivity index (χ4n) is 5.39. The monoisotopic (exact) mass is 537 g/mol. The zero-order valence-electron chi connectivity index (χ0n) is 24.3. The van der Waals surface area contributed by atoms with Gasteiger partial charge in [0, 0.05) is 35.8 Å². The first kappa shape index (κ1) is 27.5. The Morgan fingerprint density at radius 1 is 1.02 bits per heavy atom. The zero-order chi connectivity index (χ0) is 28.6. The molecule has 208 valence electrons. The van der Waals surface area contributed by atoms with Gasteiger partial charge in [-0.15, -0.1) is 0 Å². The third-order valence-electron chi connectivity index (χ3n) is 8.09. The number of nitrogens with zero attached hydrogens (tertiary/aromatic N) is 1. The van der Waals surface area contributed by atoms with Gasteiger partial charge >= 0.3 is 0 Å². The van der Waals surface area contributed by atoms with E-state index >= 15 is 0 Å². The number of amides is 2. The largest absolute Gasteiger partial charge is 0.478 e. The molecule has 1 heterocycles. The maximum Gasteiger partial charge on any atom is 0.263 e. The van der Waals surface area contributed by atoms with Gasteiger partial charge in [0.2, 0.25) is 0 Å². The van der Waals surface area contributed by atoms with Gasteiger partial charge in [0.25, 0.3) is 11.8 Å². The van der Waals surface area contributed by atoms with Crippen LogP contribution in [-0.4, -0.2) is 29.0 Å². The minimum absolute atomic E-state index is 0.0698. The Kier molecular flexibility index (Phi) is 7.45. The average Bonchev–Trinajstić information content (AvgIpc) is 3.77. The van der Waals surface area contributed by atoms with Crippen LogP contribution in [0.15, 0.2) is 66.7 Å². The van der Waals surface area contributed by atoms with Crippen LogP contribution >= 0.6 is 0 Å². The van der Waals surface area contributed by atoms with E-state index in [1.165, 1.54) is 18.4 Å². The molecule has 1 aromatic heterocycles. The summed E-state index contributed by atoms with van der Waals surface area (Å²) < 4.78 is 8.28. The van der Waals surface area contributed by atoms with Crippen LogP contribution < -0.4 is 15.4 Å². The maximum absolute atomic E-state index is 13.3. The Balaban J connectivity index is 1.35. The second-order valence-electron chi connectivity index (χ2n) is 11.5. The van der Waals surface area contributed by atoms with Crippen LogP contribution in [-0.2, 0) is 11.3 Å². The fourth-order valence-corrected chi connectivity index (χ4v) is 5.39. The first-order valence-electron chi connectivity index (χ1n) is 14.1. The van der Waals surface area contributed by atoms with E-state index in [1.54, 1.807) is 20.9 Å². The van der Waals surface area contributed by atoms with Crippen molar-refractivity contribution in [2.75, 3.05) is 7.05 Å². The Morgan fingerprint density at radius 3 is 2.50 bits per heavy atom. The van der Waals surface area contributed by atoms with Crippen LogP contribution in [0.25, 0.3) is 10.9 Å². The lowest BCUT2D eigenvalue weighted by Crippen LogP contribution is -2.45. The van der Waals surface area contributed by atoms with Crippen molar-refractivity contribution in [1.82, 2.24) is 15.2 Å². The van der Waals surface area contributed by atoms with E-state index < -0.39 is 5.60 Å². The van der Waals surface area contributed by atoms with Crippen molar-refractivity contribution < 1.29 is 14.3 Å². The molecule has 2 amide bonds. The molecule has 0 spiro atoms. The summed E-state index contributed by atoms with van der Waals surface area (Å²) in [5, 5.41) is 6.92. The van der Waals surface area contributed by atoms with Gasteiger partial charge in [-0.05, 0) is 106 Å². The molecular weight excluding hydrogens is 498 g/mol. The second kappa shape index (κ2) is 10.8. The van der Waals surface area contributed by atoms with Crippen molar-refractivity contribution in [2.45, 2.75) is 71.6 Å². The van der Waals surface area contributed by atoms with E-state index in [1.807, 2.05) is 43.3 Å². The number of hydrogen-bond acceptors (Lipinski definition) is 3. The van der Waals surface area contributed by atoms with Gasteiger partial charge in [-0.25, -0.2) is 0 Å². The number of aryl methyl sites for hydroxylation is 1. The Morgan fingerprint density at radius 2 is 1.77 bits per heavy atom. The molecule has 0 bridgehead atoms. The van der Waals surface area contributed by atoms with Crippen LogP contribution in [0, 0.1) is 13.8 Å². The standard InChI is InChI=1S/C34H39N3O3/c1-21-23(3)37(20-24-9-7-12-29(17-24)40-34(4,5)33(39)35-6)31-16-15-28(19-30(21)31)32(38)36-22(2)26-10-8-11-27(18-26)25-13-14-25/h7-12,15-19,22,25H,13-14,20H2,1-6H3,(H,35,39)(H,36,38). The topological polar surface area (TPSA) is 72.4 Å². The summed E-state index contributed by atoms with van der Waals surface area (Å²) in [7, 11) is 1.61. The Bertz CT molecular complexity index is 1580. The van der Waals surface area contributed by atoms with Crippen molar-refractivity contribution in [1.29, 1.82) is 0 Å². The molecule has 6 heteroatoms. The van der Waals surface area contributed by atoms with Crippen molar-refractivity contribution in [3.63, 3.8) is 0 Å². The molecule has 0 aliphatic heterocycles. The van der Waals surface area contributed by atoms with E-state index in [0.717, 1.165) is 33.3 Å². The number of benzene rings is 3. The molecule has 3 aromatic carbocycles. The third-order valence-corrected chi connectivity index (χ3v) is 8.09. The zero-order valence-corrected chi connectivity index (χ0v) is 24.3. The number of aromatic nitrogens is 1. The lowest BCUT2D eigenvalue weighted by molar-refractivity contribution is -0.133. The van der Waals surface area contributed by atoms with Gasteiger partial charge in [-0.2, -0.15) is 0 Å². The molecule has 1 aliphatic carbocycles. The SMILES string of the molecule is CNC(=O)C(C)(C)Oc1cccc(Cn2c(C)c(C)c3cc(C(=O)NC(C)c4cccc(C5CC5)c4)ccc32)c1. The summed E-state index contributed by atoms with van der Waals surface area (Å²) in [6.07, 6.45) is 2.52. The summed E-state index contributed by atoms with van der Waals surface area (Å²) in [4.78, 5) is 25.4. The van der Waals surface area contributed by atoms with Crippen molar-refractivity contribution >= 4 is 22.7 Å². The molecule has 40 heavy (non-hydrogen) atoms. The van der Waals surface area contributed by atoms with Crippen LogP contribution in [0.5, 0.6) is 5.75 Å². The highest BCUT2D eigenvalue weighted by Crippen LogP contribution is 2.40. The van der Waals surface area contributed by atoms with E-state index in [-0.39, 0.29) is 17.9 Å². The molecule has 1 fully saturated rings. The van der Waals surface area contributed by atoms with Crippen LogP contribution in [0.2, 0.25) is 0 Å². The maximum atomic E-state index is 13.3. The number of rotatable bonds is 9. The summed E-state index contributed by atoms with van der Waals surface area (Å²) in [6.45, 7) is 10.4. The lowest BCUT2D eigenvalue weighted by Gasteiger charge is -2.24. The molecule has 6 nitrogen and oxygen atoms in total. The Hall–Kier alpha value is -4.06. The number of hydrogen-bond donors (Lipinski definition) is 2. The number of fused-ring (bicyclic) bond motifs is 1. The van der Waals surface area contributed by atoms with Crippen molar-refractivity contribution in [2.24, 2.45) is 0 Å². The highest BCUT2D eigenvalue weighted by atomic mass is 16.5. The number of carbonyl (C=O) groups excluding carboxylic acids is 2. The molecular formula is C34H39N3O3. The van der Waals surface area contributed by atoms with Gasteiger partial charge in [-0.1, -0.05) is 36.4 Å². The molecule has 1 saturated carbocycles. The predicted molar refractivity (Wildman–Crippen MR) is 160 cm³/mol. The number of likely N-dealkylation sites (N-methyl/N-ethyl adjacent to an activating group) is 1. The first-order chi connectivity index (χ1) is 19.1. The normalized spacial score (nSPS) is 14.2. The van der Waals surface area contributed by atoms with Crippen LogP contribution in [0.3, 0.4) is 0 Å². The van der Waals surface area contributed by atoms with Gasteiger partial charge in [-0.3, -0.25) is 9.59 Å². The first-order valence-corrected chi connectivity index (χ1v) is 14.1. The summed E-state index contributed by atoms with van der Waals surface area (Å²) >= 11 is 0. The van der Waals surface area contributed by atoms with Crippen LogP contribution in [0.4, 0.5) is 0 Å². The molecule has 5 rings (SSSR count). The van der Waals surface area contributed by atoms with Gasteiger partial charge in [0.05, 0.1) is 6.04 Å². The minimum atomic E-state index is -0.978. The van der Waals surface area contributed by atoms with Gasteiger partial charge < -0.3 is 19.9 Å². The molecule has 2 N–H and O–H groups in total. The molecule has 1 atom stereocenters. The van der Waals surface area contributed by atoms with E-state index in [0.29, 0.717) is 23.8 Å². The number of carbonyl (C=O) groups is 2. The third kappa shape index (κ3) is 5.62. The Labute approximate surface area is 236 Å². The molecule has 0 radical (unpaired) electrons. The highest BCUT2D eigenvalue weighted by Gasteiger charge is 2.29. The van der Waals surface area contributed by atoms with Crippen molar-refractivity contribution in [3.8, 4) is 5.75 Å².